The van der Waals surface area contributed by atoms with Crippen LogP contribution >= 0.6 is 39.9 Å². The van der Waals surface area contributed by atoms with Crippen molar-refractivity contribution in [1.29, 1.82) is 0 Å². The van der Waals surface area contributed by atoms with E-state index in [1.165, 1.54) is 11.8 Å². The zero-order valence-electron chi connectivity index (χ0n) is 17.1. The average Bonchev–Trinajstić information content (AvgIpc) is 3.03. The van der Waals surface area contributed by atoms with Crippen molar-refractivity contribution in [2.75, 3.05) is 19.0 Å². The number of nitrogens with one attached hydrogen (secondary N) is 1. The Kier molecular flexibility index (Phi) is 8.69. The molecule has 5 nitrogen and oxygen atoms in total. The number of thioether (sulfide) groups is 1. The van der Waals surface area contributed by atoms with Crippen LogP contribution < -0.4 is 10.1 Å². The maximum atomic E-state index is 12.7. The van der Waals surface area contributed by atoms with Gasteiger partial charge in [0.1, 0.15) is 10.1 Å². The third-order valence-electron chi connectivity index (χ3n) is 4.70. The predicted octanol–water partition coefficient (Wildman–Crippen LogP) is 5.86. The molecular weight excluding hydrogens is 496 g/mol. The van der Waals surface area contributed by atoms with Gasteiger partial charge in [-0.25, -0.2) is 0 Å². The number of hydrogen-bond acceptors (Lipinski definition) is 5. The van der Waals surface area contributed by atoms with Crippen molar-refractivity contribution in [3.05, 3.63) is 63.5 Å². The number of rotatable bonds is 9. The summed E-state index contributed by atoms with van der Waals surface area (Å²) in [5, 5.41) is 2.88. The number of carbonyl (C=O) groups is 2. The highest BCUT2D eigenvalue weighted by Gasteiger charge is 2.31. The molecule has 1 N–H and O–H groups in total. The van der Waals surface area contributed by atoms with Gasteiger partial charge >= 0.3 is 0 Å². The van der Waals surface area contributed by atoms with Gasteiger partial charge < -0.3 is 10.1 Å². The average molecular weight is 519 g/mol. The lowest BCUT2D eigenvalue weighted by atomic mass is 10.1. The summed E-state index contributed by atoms with van der Waals surface area (Å²) in [4.78, 5) is 27.1. The Morgan fingerprint density at radius 2 is 1.84 bits per heavy atom. The Morgan fingerprint density at radius 1 is 1.13 bits per heavy atom. The van der Waals surface area contributed by atoms with E-state index in [-0.39, 0.29) is 11.8 Å². The summed E-state index contributed by atoms with van der Waals surface area (Å²) in [5.41, 5.74) is 1.72. The lowest BCUT2D eigenvalue weighted by molar-refractivity contribution is -0.122. The number of amides is 2. The standard InChI is InChI=1S/C23H23BrN2O3S2/c1-29-19-12-10-18(11-13-19)25-21(27)5-3-2-4-14-26-22(28)20(31-23(26)30)15-16-6-8-17(24)9-7-16/h6-13,15H,2-5,14H2,1H3,(H,25,27)/b20-15-. The Labute approximate surface area is 200 Å². The fraction of sp³-hybridized carbons (Fsp3) is 0.261. The summed E-state index contributed by atoms with van der Waals surface area (Å²) in [6, 6.07) is 15.0. The molecule has 0 bridgehead atoms. The van der Waals surface area contributed by atoms with Crippen LogP contribution in [0.1, 0.15) is 31.2 Å². The van der Waals surface area contributed by atoms with Crippen molar-refractivity contribution in [2.24, 2.45) is 0 Å². The highest BCUT2D eigenvalue weighted by Crippen LogP contribution is 2.33. The molecule has 0 radical (unpaired) electrons. The molecule has 0 unspecified atom stereocenters. The largest absolute Gasteiger partial charge is 0.497 e. The van der Waals surface area contributed by atoms with E-state index in [1.54, 1.807) is 12.0 Å². The molecule has 31 heavy (non-hydrogen) atoms. The SMILES string of the molecule is COc1ccc(NC(=O)CCCCCN2C(=O)/C(=C/c3ccc(Br)cc3)SC2=S)cc1. The van der Waals surface area contributed by atoms with E-state index in [0.717, 1.165) is 40.7 Å². The van der Waals surface area contributed by atoms with Crippen LogP contribution in [0.5, 0.6) is 5.75 Å². The zero-order chi connectivity index (χ0) is 22.2. The predicted molar refractivity (Wildman–Crippen MR) is 134 cm³/mol. The maximum absolute atomic E-state index is 12.7. The van der Waals surface area contributed by atoms with Gasteiger partial charge in [0.25, 0.3) is 5.91 Å². The number of unbranched alkanes of at least 4 members (excludes halogenated alkanes) is 2. The number of thiocarbonyl (C=S) groups is 1. The first-order valence-electron chi connectivity index (χ1n) is 9.91. The van der Waals surface area contributed by atoms with E-state index in [4.69, 9.17) is 17.0 Å². The number of methoxy groups -OCH3 is 1. The van der Waals surface area contributed by atoms with Gasteiger partial charge in [-0.3, -0.25) is 14.5 Å². The van der Waals surface area contributed by atoms with Crippen LogP contribution in [0, 0.1) is 0 Å². The van der Waals surface area contributed by atoms with Crippen molar-refractivity contribution in [2.45, 2.75) is 25.7 Å². The molecule has 162 valence electrons. The van der Waals surface area contributed by atoms with Crippen LogP contribution in [0.2, 0.25) is 0 Å². The molecule has 3 rings (SSSR count). The van der Waals surface area contributed by atoms with Crippen molar-refractivity contribution in [3.63, 3.8) is 0 Å². The number of benzene rings is 2. The molecule has 8 heteroatoms. The first-order chi connectivity index (χ1) is 15.0. The quantitative estimate of drug-likeness (QED) is 0.256. The lowest BCUT2D eigenvalue weighted by Gasteiger charge is -2.14. The van der Waals surface area contributed by atoms with Gasteiger partial charge in [0.2, 0.25) is 5.91 Å². The summed E-state index contributed by atoms with van der Waals surface area (Å²) >= 11 is 10.1. The molecule has 2 aromatic carbocycles. The second-order valence-electron chi connectivity index (χ2n) is 6.97. The number of halogens is 1. The van der Waals surface area contributed by atoms with Gasteiger partial charge in [0, 0.05) is 23.1 Å². The summed E-state index contributed by atoms with van der Waals surface area (Å²) in [6.07, 6.45) is 4.71. The Morgan fingerprint density at radius 3 is 2.52 bits per heavy atom. The van der Waals surface area contributed by atoms with Crippen LogP contribution in [-0.4, -0.2) is 34.7 Å². The van der Waals surface area contributed by atoms with E-state index in [1.807, 2.05) is 54.6 Å². The van der Waals surface area contributed by atoms with Crippen molar-refractivity contribution in [3.8, 4) is 5.75 Å². The minimum Gasteiger partial charge on any atom is -0.497 e. The van der Waals surface area contributed by atoms with Crippen LogP contribution in [-0.2, 0) is 9.59 Å². The Balaban J connectivity index is 1.39. The van der Waals surface area contributed by atoms with E-state index >= 15 is 0 Å². The maximum Gasteiger partial charge on any atom is 0.266 e. The smallest absolute Gasteiger partial charge is 0.266 e. The van der Waals surface area contributed by atoms with Gasteiger partial charge in [-0.1, -0.05) is 58.5 Å². The van der Waals surface area contributed by atoms with Gasteiger partial charge in [0.05, 0.1) is 12.0 Å². The summed E-state index contributed by atoms with van der Waals surface area (Å²) in [5.74, 6) is 0.684. The Hall–Kier alpha value is -2.16. The fourth-order valence-electron chi connectivity index (χ4n) is 3.03. The van der Waals surface area contributed by atoms with E-state index in [0.29, 0.717) is 22.2 Å². The monoisotopic (exact) mass is 518 g/mol. The van der Waals surface area contributed by atoms with Gasteiger partial charge in [-0.05, 0) is 60.9 Å². The molecule has 1 saturated heterocycles. The number of anilines is 1. The molecule has 2 aromatic rings. The third kappa shape index (κ3) is 6.92. The summed E-state index contributed by atoms with van der Waals surface area (Å²) in [7, 11) is 1.61. The second kappa shape index (κ2) is 11.5. The topological polar surface area (TPSA) is 58.6 Å². The summed E-state index contributed by atoms with van der Waals surface area (Å²) in [6.45, 7) is 0.572. The number of nitrogens with zero attached hydrogens (tertiary/aromatic N) is 1. The van der Waals surface area contributed by atoms with E-state index in [9.17, 15) is 9.59 Å². The molecule has 1 aliphatic heterocycles. The van der Waals surface area contributed by atoms with Gasteiger partial charge in [-0.2, -0.15) is 0 Å². The number of ether oxygens (including phenoxy) is 1. The van der Waals surface area contributed by atoms with Crippen LogP contribution in [0.3, 0.4) is 0 Å². The number of carbonyl (C=O) groups excluding carboxylic acids is 2. The highest BCUT2D eigenvalue weighted by atomic mass is 79.9. The summed E-state index contributed by atoms with van der Waals surface area (Å²) < 4.78 is 6.69. The molecule has 1 heterocycles. The zero-order valence-corrected chi connectivity index (χ0v) is 20.3. The molecule has 0 saturated carbocycles. The van der Waals surface area contributed by atoms with Gasteiger partial charge in [0.15, 0.2) is 0 Å². The van der Waals surface area contributed by atoms with Crippen LogP contribution in [0.25, 0.3) is 6.08 Å². The minimum atomic E-state index is -0.0461. The van der Waals surface area contributed by atoms with Crippen molar-refractivity contribution < 1.29 is 14.3 Å². The number of hydrogen-bond donors (Lipinski definition) is 1. The van der Waals surface area contributed by atoms with E-state index < -0.39 is 0 Å². The van der Waals surface area contributed by atoms with Crippen LogP contribution in [0.4, 0.5) is 5.69 Å². The molecule has 0 atom stereocenters. The molecule has 0 aromatic heterocycles. The fourth-order valence-corrected chi connectivity index (χ4v) is 4.61. The molecule has 1 aliphatic rings. The lowest BCUT2D eigenvalue weighted by Crippen LogP contribution is -2.29. The van der Waals surface area contributed by atoms with Crippen molar-refractivity contribution >= 4 is 67.8 Å². The van der Waals surface area contributed by atoms with E-state index in [2.05, 4.69) is 21.2 Å². The molecular formula is C23H23BrN2O3S2. The normalized spacial score (nSPS) is 14.9. The molecule has 0 aliphatic carbocycles. The minimum absolute atomic E-state index is 0.0202. The third-order valence-corrected chi connectivity index (χ3v) is 6.61. The molecule has 2 amide bonds. The first kappa shape index (κ1) is 23.5. The Bertz CT molecular complexity index is 975. The first-order valence-corrected chi connectivity index (χ1v) is 11.9. The highest BCUT2D eigenvalue weighted by molar-refractivity contribution is 9.10. The van der Waals surface area contributed by atoms with Crippen molar-refractivity contribution in [1.82, 2.24) is 4.90 Å². The second-order valence-corrected chi connectivity index (χ2v) is 9.56. The molecule has 0 spiro atoms. The van der Waals surface area contributed by atoms with Gasteiger partial charge in [-0.15, -0.1) is 0 Å². The van der Waals surface area contributed by atoms with Crippen LogP contribution in [0.15, 0.2) is 57.9 Å². The molecule has 1 fully saturated rings.